The predicted octanol–water partition coefficient (Wildman–Crippen LogP) is 10.9. The molecule has 0 bridgehead atoms. The van der Waals surface area contributed by atoms with Gasteiger partial charge < -0.3 is 0 Å². The van der Waals surface area contributed by atoms with Crippen molar-refractivity contribution in [1.82, 2.24) is 9.55 Å². The van der Waals surface area contributed by atoms with Gasteiger partial charge in [0.2, 0.25) is 0 Å². The van der Waals surface area contributed by atoms with Crippen molar-refractivity contribution in [2.45, 2.75) is 13.3 Å². The summed E-state index contributed by atoms with van der Waals surface area (Å²) >= 11 is 0. The second-order valence-corrected chi connectivity index (χ2v) is 11.0. The predicted molar refractivity (Wildman–Crippen MR) is 182 cm³/mol. The molecule has 0 saturated heterocycles. The third-order valence-corrected chi connectivity index (χ3v) is 8.53. The highest BCUT2D eigenvalue weighted by Crippen LogP contribution is 2.44. The fraction of sp³-hybridized carbons (Fsp3) is 0.0488. The van der Waals surface area contributed by atoms with E-state index in [-0.39, 0.29) is 0 Å². The van der Waals surface area contributed by atoms with Gasteiger partial charge >= 0.3 is 0 Å². The van der Waals surface area contributed by atoms with E-state index in [0.29, 0.717) is 0 Å². The van der Waals surface area contributed by atoms with Crippen LogP contribution in [-0.4, -0.2) is 9.55 Å². The van der Waals surface area contributed by atoms with Gasteiger partial charge in [-0.1, -0.05) is 128 Å². The van der Waals surface area contributed by atoms with E-state index in [4.69, 9.17) is 4.98 Å². The lowest BCUT2D eigenvalue weighted by Crippen LogP contribution is -2.00. The minimum absolute atomic E-state index is 0.866. The molecule has 0 spiro atoms. The van der Waals surface area contributed by atoms with Crippen LogP contribution in [0.25, 0.3) is 71.6 Å². The lowest BCUT2D eigenvalue weighted by molar-refractivity contribution is 0.908. The molecule has 204 valence electrons. The molecular formula is C41H30N2. The minimum atomic E-state index is 0.866. The molecule has 0 aliphatic heterocycles. The lowest BCUT2D eigenvalue weighted by atomic mass is 9.85. The summed E-state index contributed by atoms with van der Waals surface area (Å²) in [6.07, 6.45) is 0.866. The zero-order valence-corrected chi connectivity index (χ0v) is 24.0. The highest BCUT2D eigenvalue weighted by molar-refractivity contribution is 6.21. The summed E-state index contributed by atoms with van der Waals surface area (Å²) in [4.78, 5) is 4.93. The van der Waals surface area contributed by atoms with Crippen molar-refractivity contribution in [1.29, 1.82) is 0 Å². The van der Waals surface area contributed by atoms with E-state index >= 15 is 0 Å². The number of imidazole rings is 1. The van der Waals surface area contributed by atoms with Crippen LogP contribution in [0.15, 0.2) is 152 Å². The lowest BCUT2D eigenvalue weighted by Gasteiger charge is -2.19. The maximum absolute atomic E-state index is 4.93. The zero-order valence-electron chi connectivity index (χ0n) is 24.0. The maximum atomic E-state index is 4.93. The van der Waals surface area contributed by atoms with Crippen molar-refractivity contribution in [2.24, 2.45) is 0 Å². The summed E-state index contributed by atoms with van der Waals surface area (Å²) in [5.41, 5.74) is 10.7. The third-order valence-electron chi connectivity index (χ3n) is 8.53. The van der Waals surface area contributed by atoms with E-state index < -0.39 is 0 Å². The number of aromatic nitrogens is 2. The van der Waals surface area contributed by atoms with Gasteiger partial charge in [-0.3, -0.25) is 4.57 Å². The summed E-state index contributed by atoms with van der Waals surface area (Å²) in [5, 5.41) is 5.06. The quantitative estimate of drug-likeness (QED) is 0.195. The Morgan fingerprint density at radius 3 is 1.72 bits per heavy atom. The van der Waals surface area contributed by atoms with E-state index in [2.05, 4.69) is 163 Å². The van der Waals surface area contributed by atoms with Crippen LogP contribution in [-0.2, 0) is 6.42 Å². The van der Waals surface area contributed by atoms with Crippen LogP contribution in [0.4, 0.5) is 0 Å². The maximum Gasteiger partial charge on any atom is 0.114 e. The molecule has 8 aromatic rings. The molecule has 0 saturated carbocycles. The topological polar surface area (TPSA) is 17.8 Å². The summed E-state index contributed by atoms with van der Waals surface area (Å²) in [5.74, 6) is 1.07. The Balaban J connectivity index is 1.40. The molecule has 0 atom stereocenters. The molecule has 0 aliphatic rings. The van der Waals surface area contributed by atoms with Crippen molar-refractivity contribution in [2.75, 3.05) is 0 Å². The monoisotopic (exact) mass is 550 g/mol. The van der Waals surface area contributed by atoms with Crippen molar-refractivity contribution in [3.63, 3.8) is 0 Å². The fourth-order valence-corrected chi connectivity index (χ4v) is 6.62. The molecule has 0 fully saturated rings. The molecule has 0 aliphatic carbocycles. The first kappa shape index (κ1) is 25.3. The fourth-order valence-electron chi connectivity index (χ4n) is 6.62. The summed E-state index contributed by atoms with van der Waals surface area (Å²) in [7, 11) is 0. The van der Waals surface area contributed by atoms with Gasteiger partial charge in [-0.2, -0.15) is 0 Å². The first-order chi connectivity index (χ1) is 21.3. The van der Waals surface area contributed by atoms with E-state index in [0.717, 1.165) is 29.0 Å². The summed E-state index contributed by atoms with van der Waals surface area (Å²) in [6, 6.07) is 54.7. The standard InChI is InChI=1S/C41H30N2/c1-2-39-42-37-22-11-12-23-38(37)43(39)32-19-13-18-30(26-32)31-24-25-35-36(27-31)41(29-16-7-4-8-17-29)34-21-10-9-20-33(34)40(35)28-14-5-3-6-15-28/h3-27H,2H2,1H3. The SMILES string of the molecule is CCc1nc2ccccc2n1-c1cccc(-c2ccc3c(-c4ccccc4)c4ccccc4c(-c4ccccc4)c3c2)c1. The normalized spacial score (nSPS) is 11.5. The van der Waals surface area contributed by atoms with Gasteiger partial charge in [0, 0.05) is 12.1 Å². The first-order valence-electron chi connectivity index (χ1n) is 15.0. The van der Waals surface area contributed by atoms with E-state index in [1.165, 1.54) is 54.9 Å². The Hall–Kier alpha value is -5.47. The number of nitrogens with zero attached hydrogens (tertiary/aromatic N) is 2. The molecule has 2 heteroatoms. The van der Waals surface area contributed by atoms with Gasteiger partial charge in [0.1, 0.15) is 5.82 Å². The summed E-state index contributed by atoms with van der Waals surface area (Å²) < 4.78 is 2.30. The zero-order chi connectivity index (χ0) is 28.8. The Labute approximate surface area is 251 Å². The first-order valence-corrected chi connectivity index (χ1v) is 15.0. The van der Waals surface area contributed by atoms with Gasteiger partial charge in [0.05, 0.1) is 11.0 Å². The molecule has 1 aromatic heterocycles. The number of benzene rings is 7. The number of fused-ring (bicyclic) bond motifs is 3. The van der Waals surface area contributed by atoms with Gasteiger partial charge in [-0.25, -0.2) is 4.98 Å². The molecule has 7 aromatic carbocycles. The van der Waals surface area contributed by atoms with Crippen LogP contribution in [0, 0.1) is 0 Å². The van der Waals surface area contributed by atoms with Gasteiger partial charge in [-0.15, -0.1) is 0 Å². The number of para-hydroxylation sites is 2. The van der Waals surface area contributed by atoms with Crippen LogP contribution in [0.1, 0.15) is 12.7 Å². The van der Waals surface area contributed by atoms with Gasteiger partial charge in [-0.05, 0) is 85.3 Å². The highest BCUT2D eigenvalue weighted by Gasteiger charge is 2.18. The number of aryl methyl sites for hydroxylation is 1. The average molecular weight is 551 g/mol. The van der Waals surface area contributed by atoms with Crippen molar-refractivity contribution >= 4 is 32.6 Å². The molecule has 0 N–H and O–H groups in total. The smallest absolute Gasteiger partial charge is 0.114 e. The Bertz CT molecular complexity index is 2260. The molecular weight excluding hydrogens is 520 g/mol. The van der Waals surface area contributed by atoms with Gasteiger partial charge in [0.25, 0.3) is 0 Å². The molecule has 8 rings (SSSR count). The number of rotatable bonds is 5. The molecule has 0 amide bonds. The van der Waals surface area contributed by atoms with Crippen LogP contribution >= 0.6 is 0 Å². The van der Waals surface area contributed by atoms with Crippen LogP contribution in [0.5, 0.6) is 0 Å². The van der Waals surface area contributed by atoms with Crippen LogP contribution in [0.3, 0.4) is 0 Å². The van der Waals surface area contributed by atoms with Crippen molar-refractivity contribution in [3.05, 3.63) is 157 Å². The minimum Gasteiger partial charge on any atom is -0.296 e. The molecule has 2 nitrogen and oxygen atoms in total. The van der Waals surface area contributed by atoms with E-state index in [1.807, 2.05) is 0 Å². The largest absolute Gasteiger partial charge is 0.296 e. The Morgan fingerprint density at radius 2 is 1.02 bits per heavy atom. The number of hydrogen-bond acceptors (Lipinski definition) is 1. The van der Waals surface area contributed by atoms with Crippen molar-refractivity contribution < 1.29 is 0 Å². The third kappa shape index (κ3) is 4.23. The Morgan fingerprint density at radius 1 is 0.465 bits per heavy atom. The molecule has 0 unspecified atom stereocenters. The van der Waals surface area contributed by atoms with Crippen molar-refractivity contribution in [3.8, 4) is 39.1 Å². The molecule has 0 radical (unpaired) electrons. The van der Waals surface area contributed by atoms with E-state index in [1.54, 1.807) is 0 Å². The van der Waals surface area contributed by atoms with Crippen LogP contribution < -0.4 is 0 Å². The second-order valence-electron chi connectivity index (χ2n) is 11.0. The van der Waals surface area contributed by atoms with E-state index in [9.17, 15) is 0 Å². The summed E-state index contributed by atoms with van der Waals surface area (Å²) in [6.45, 7) is 2.17. The average Bonchev–Trinajstić information content (AvgIpc) is 3.46. The van der Waals surface area contributed by atoms with Crippen LogP contribution in [0.2, 0.25) is 0 Å². The Kier molecular flexibility index (Phi) is 6.12. The highest BCUT2D eigenvalue weighted by atomic mass is 15.1. The molecule has 43 heavy (non-hydrogen) atoms. The number of hydrogen-bond donors (Lipinski definition) is 0. The second kappa shape index (κ2) is 10.4. The molecule has 1 heterocycles. The van der Waals surface area contributed by atoms with Gasteiger partial charge in [0.15, 0.2) is 0 Å².